The van der Waals surface area contributed by atoms with Gasteiger partial charge in [0.15, 0.2) is 5.78 Å². The van der Waals surface area contributed by atoms with Crippen molar-refractivity contribution < 1.29 is 24.1 Å². The van der Waals surface area contributed by atoms with E-state index in [-0.39, 0.29) is 11.5 Å². The van der Waals surface area contributed by atoms with Crippen molar-refractivity contribution in [1.82, 2.24) is 0 Å². The molecule has 39 heavy (non-hydrogen) atoms. The summed E-state index contributed by atoms with van der Waals surface area (Å²) in [4.78, 5) is 66.6. The number of rotatable bonds is 5. The predicted molar refractivity (Wildman–Crippen MR) is 143 cm³/mol. The van der Waals surface area contributed by atoms with Crippen LogP contribution < -0.4 is 15.1 Å². The lowest BCUT2D eigenvalue weighted by Crippen LogP contribution is -2.50. The summed E-state index contributed by atoms with van der Waals surface area (Å²) in [7, 11) is 0. The molecule has 0 bridgehead atoms. The molecule has 2 saturated heterocycles. The fraction of sp³-hybridized carbons (Fsp3) is 0.172. The predicted octanol–water partition coefficient (Wildman–Crippen LogP) is 3.83. The van der Waals surface area contributed by atoms with Gasteiger partial charge in [0.05, 0.1) is 28.5 Å². The third-order valence-corrected chi connectivity index (χ3v) is 7.56. The smallest absolute Gasteiger partial charge is 0.269 e. The summed E-state index contributed by atoms with van der Waals surface area (Å²) in [5, 5.41) is 13.8. The molecule has 4 atom stereocenters. The number of fused-ring (bicyclic) bond motifs is 5. The fourth-order valence-corrected chi connectivity index (χ4v) is 5.80. The Morgan fingerprint density at radius 1 is 0.897 bits per heavy atom. The minimum Gasteiger partial charge on any atom is -0.351 e. The molecule has 0 saturated carbocycles. The molecule has 3 aliphatic heterocycles. The maximum atomic E-state index is 13.9. The van der Waals surface area contributed by atoms with Gasteiger partial charge in [0, 0.05) is 29.1 Å². The second kappa shape index (κ2) is 9.02. The highest BCUT2D eigenvalue weighted by molar-refractivity contribution is 6.25. The zero-order chi connectivity index (χ0) is 27.4. The van der Waals surface area contributed by atoms with Crippen LogP contribution in [0.5, 0.6) is 0 Å². The molecule has 3 aromatic carbocycles. The molecule has 3 amide bonds. The van der Waals surface area contributed by atoms with Crippen LogP contribution in [-0.2, 0) is 14.4 Å². The van der Waals surface area contributed by atoms with Gasteiger partial charge in [0.1, 0.15) is 6.04 Å². The van der Waals surface area contributed by atoms with Crippen LogP contribution in [0.1, 0.15) is 22.8 Å². The number of carbonyl (C=O) groups is 4. The minimum absolute atomic E-state index is 0.118. The Hall–Kier alpha value is -5.12. The van der Waals surface area contributed by atoms with E-state index in [1.54, 1.807) is 24.3 Å². The molecule has 6 rings (SSSR count). The number of hydrogen-bond acceptors (Lipinski definition) is 7. The van der Waals surface area contributed by atoms with Gasteiger partial charge in [-0.25, -0.2) is 4.90 Å². The molecule has 10 nitrogen and oxygen atoms in total. The lowest BCUT2D eigenvalue weighted by atomic mass is 9.88. The number of imide groups is 1. The number of benzene rings is 3. The quantitative estimate of drug-likeness (QED) is 0.233. The van der Waals surface area contributed by atoms with Gasteiger partial charge in [-0.1, -0.05) is 30.4 Å². The standard InChI is InChI=1S/C29H22N4O6/c1-16(34)17-6-11-20(12-7-17)31-28(36)24-23-15-8-18-4-2-3-5-22(18)32(23)26(25(24)29(31)37)27(35)30-19-9-13-21(14-10-19)33(38)39/h2-15,23-26H,1H3,(H,30,35)/t23-,24-,25-,26+/m1/s1. The second-order valence-electron chi connectivity index (χ2n) is 9.72. The zero-order valence-electron chi connectivity index (χ0n) is 20.7. The number of nitro benzene ring substituents is 1. The van der Waals surface area contributed by atoms with Gasteiger partial charge in [-0.15, -0.1) is 0 Å². The van der Waals surface area contributed by atoms with Crippen molar-refractivity contribution in [3.63, 3.8) is 0 Å². The van der Waals surface area contributed by atoms with E-state index in [1.165, 1.54) is 31.2 Å². The molecule has 194 valence electrons. The molecule has 1 N–H and O–H groups in total. The summed E-state index contributed by atoms with van der Waals surface area (Å²) < 4.78 is 0. The molecule has 0 unspecified atom stereocenters. The summed E-state index contributed by atoms with van der Waals surface area (Å²) >= 11 is 0. The van der Waals surface area contributed by atoms with Crippen LogP contribution in [0, 0.1) is 22.0 Å². The number of nitrogens with zero attached hydrogens (tertiary/aromatic N) is 3. The highest BCUT2D eigenvalue weighted by Crippen LogP contribution is 2.49. The molecule has 0 aromatic heterocycles. The van der Waals surface area contributed by atoms with Crippen molar-refractivity contribution in [2.45, 2.75) is 19.0 Å². The Bertz CT molecular complexity index is 1580. The van der Waals surface area contributed by atoms with E-state index in [4.69, 9.17) is 0 Å². The number of non-ortho nitro benzene ring substituents is 1. The van der Waals surface area contributed by atoms with E-state index in [1.807, 2.05) is 41.3 Å². The van der Waals surface area contributed by atoms with Gasteiger partial charge in [-0.3, -0.25) is 29.3 Å². The topological polar surface area (TPSA) is 130 Å². The number of Topliss-reactive ketones (excluding diaryl/α,β-unsaturated/α-hetero) is 1. The highest BCUT2D eigenvalue weighted by Gasteiger charge is 2.64. The van der Waals surface area contributed by atoms with Gasteiger partial charge >= 0.3 is 0 Å². The molecule has 10 heteroatoms. The van der Waals surface area contributed by atoms with E-state index in [0.29, 0.717) is 16.9 Å². The van der Waals surface area contributed by atoms with Crippen molar-refractivity contribution in [3.05, 3.63) is 100 Å². The Kier molecular flexibility index (Phi) is 5.60. The molecule has 3 heterocycles. The van der Waals surface area contributed by atoms with Crippen molar-refractivity contribution in [2.24, 2.45) is 11.8 Å². The summed E-state index contributed by atoms with van der Waals surface area (Å²) in [6.45, 7) is 1.43. The number of amides is 3. The normalized spacial score (nSPS) is 22.8. The molecular weight excluding hydrogens is 500 g/mol. The lowest BCUT2D eigenvalue weighted by Gasteiger charge is -2.36. The molecule has 3 aliphatic rings. The number of hydrogen-bond donors (Lipinski definition) is 1. The number of ketones is 1. The summed E-state index contributed by atoms with van der Waals surface area (Å²) in [6, 6.07) is 17.6. The van der Waals surface area contributed by atoms with Crippen molar-refractivity contribution in [3.8, 4) is 0 Å². The van der Waals surface area contributed by atoms with Crippen LogP contribution >= 0.6 is 0 Å². The van der Waals surface area contributed by atoms with E-state index in [9.17, 15) is 29.3 Å². The number of carbonyl (C=O) groups excluding carboxylic acids is 4. The minimum atomic E-state index is -1.01. The average Bonchev–Trinajstić information content (AvgIpc) is 3.41. The van der Waals surface area contributed by atoms with Crippen molar-refractivity contribution in [1.29, 1.82) is 0 Å². The maximum Gasteiger partial charge on any atom is 0.269 e. The van der Waals surface area contributed by atoms with Crippen LogP contribution in [0.25, 0.3) is 6.08 Å². The van der Waals surface area contributed by atoms with Gasteiger partial charge in [0.25, 0.3) is 5.69 Å². The largest absolute Gasteiger partial charge is 0.351 e. The molecule has 0 aliphatic carbocycles. The first-order chi connectivity index (χ1) is 18.8. The third-order valence-electron chi connectivity index (χ3n) is 7.56. The first-order valence-electron chi connectivity index (χ1n) is 12.4. The zero-order valence-corrected chi connectivity index (χ0v) is 20.7. The Morgan fingerprint density at radius 3 is 2.23 bits per heavy atom. The second-order valence-corrected chi connectivity index (χ2v) is 9.72. The van der Waals surface area contributed by atoms with Gasteiger partial charge in [-0.05, 0) is 55.0 Å². The van der Waals surface area contributed by atoms with E-state index >= 15 is 0 Å². The molecule has 2 fully saturated rings. The van der Waals surface area contributed by atoms with Crippen LogP contribution in [0.15, 0.2) is 78.9 Å². The summed E-state index contributed by atoms with van der Waals surface area (Å²) in [5.74, 6) is -3.32. The first-order valence-corrected chi connectivity index (χ1v) is 12.4. The molecule has 3 aromatic rings. The highest BCUT2D eigenvalue weighted by atomic mass is 16.6. The van der Waals surface area contributed by atoms with Gasteiger partial charge in [-0.2, -0.15) is 0 Å². The van der Waals surface area contributed by atoms with E-state index in [2.05, 4.69) is 5.32 Å². The van der Waals surface area contributed by atoms with Crippen LogP contribution in [-0.4, -0.2) is 40.5 Å². The van der Waals surface area contributed by atoms with E-state index in [0.717, 1.165) is 16.2 Å². The molecule has 0 radical (unpaired) electrons. The van der Waals surface area contributed by atoms with Crippen molar-refractivity contribution in [2.75, 3.05) is 15.1 Å². The first kappa shape index (κ1) is 24.2. The van der Waals surface area contributed by atoms with E-state index < -0.39 is 46.6 Å². The summed E-state index contributed by atoms with van der Waals surface area (Å²) in [6.07, 6.45) is 3.75. The number of nitro groups is 1. The lowest BCUT2D eigenvalue weighted by molar-refractivity contribution is -0.384. The SMILES string of the molecule is CC(=O)c1ccc(N2C(=O)[C@@H]3[C@H](C2=O)[C@H]2C=Cc4ccccc4N2[C@@H]3C(=O)Nc2ccc([N+](=O)[O-])cc2)cc1. The average molecular weight is 523 g/mol. The Labute approximate surface area is 222 Å². The third kappa shape index (κ3) is 3.80. The van der Waals surface area contributed by atoms with Crippen molar-refractivity contribution >= 4 is 52.3 Å². The number of nitrogens with one attached hydrogen (secondary N) is 1. The fourth-order valence-electron chi connectivity index (χ4n) is 5.80. The maximum absolute atomic E-state index is 13.9. The number of para-hydroxylation sites is 1. The van der Waals surface area contributed by atoms with Gasteiger partial charge < -0.3 is 10.2 Å². The number of anilines is 3. The Balaban J connectivity index is 1.39. The van der Waals surface area contributed by atoms with Crippen LogP contribution in [0.3, 0.4) is 0 Å². The molecule has 0 spiro atoms. The van der Waals surface area contributed by atoms with Gasteiger partial charge in [0.2, 0.25) is 17.7 Å². The van der Waals surface area contributed by atoms with Crippen LogP contribution in [0.2, 0.25) is 0 Å². The summed E-state index contributed by atoms with van der Waals surface area (Å²) in [5.41, 5.74) is 2.61. The molecular formula is C29H22N4O6. The Morgan fingerprint density at radius 2 is 1.56 bits per heavy atom. The van der Waals surface area contributed by atoms with Crippen LogP contribution in [0.4, 0.5) is 22.7 Å². The monoisotopic (exact) mass is 522 g/mol.